The van der Waals surface area contributed by atoms with Crippen LogP contribution in [-0.4, -0.2) is 47.6 Å². The smallest absolute Gasteiger partial charge is 0.145 e. The molecule has 33 heavy (non-hydrogen) atoms. The van der Waals surface area contributed by atoms with Crippen LogP contribution in [0.5, 0.6) is 0 Å². The summed E-state index contributed by atoms with van der Waals surface area (Å²) in [6.45, 7) is 1.91. The van der Waals surface area contributed by atoms with Gasteiger partial charge in [-0.05, 0) is 47.5 Å². The molecule has 3 aromatic rings. The van der Waals surface area contributed by atoms with Crippen molar-refractivity contribution in [3.8, 4) is 0 Å². The fourth-order valence-corrected chi connectivity index (χ4v) is 3.85. The third-order valence-electron chi connectivity index (χ3n) is 5.30. The maximum absolute atomic E-state index is 13.3. The zero-order valence-corrected chi connectivity index (χ0v) is 18.8. The van der Waals surface area contributed by atoms with Gasteiger partial charge in [0.1, 0.15) is 24.3 Å². The van der Waals surface area contributed by atoms with Crippen LogP contribution < -0.4 is 0 Å². The van der Waals surface area contributed by atoms with Crippen molar-refractivity contribution in [2.45, 2.75) is 31.8 Å². The maximum Gasteiger partial charge on any atom is 0.145 e. The molecule has 2 aromatic carbocycles. The van der Waals surface area contributed by atoms with Gasteiger partial charge in [0.25, 0.3) is 0 Å². The Morgan fingerprint density at radius 2 is 1.94 bits per heavy atom. The van der Waals surface area contributed by atoms with E-state index < -0.39 is 6.10 Å². The van der Waals surface area contributed by atoms with Crippen molar-refractivity contribution in [3.63, 3.8) is 0 Å². The molecule has 174 valence electrons. The largest absolute Gasteiger partial charge is 0.467 e. The van der Waals surface area contributed by atoms with Crippen molar-refractivity contribution in [1.29, 1.82) is 0 Å². The second-order valence-corrected chi connectivity index (χ2v) is 8.48. The molecular weight excluding hydrogens is 447 g/mol. The molecule has 2 heterocycles. The van der Waals surface area contributed by atoms with E-state index in [1.165, 1.54) is 12.1 Å². The average Bonchev–Trinajstić information content (AvgIpc) is 3.48. The molecule has 1 aliphatic heterocycles. The van der Waals surface area contributed by atoms with Gasteiger partial charge in [-0.25, -0.2) is 4.39 Å². The van der Waals surface area contributed by atoms with Crippen LogP contribution in [0.1, 0.15) is 23.3 Å². The van der Waals surface area contributed by atoms with Crippen LogP contribution in [0.15, 0.2) is 76.5 Å². The van der Waals surface area contributed by atoms with Crippen LogP contribution in [0.25, 0.3) is 0 Å². The van der Waals surface area contributed by atoms with Gasteiger partial charge in [-0.15, -0.1) is 0 Å². The van der Waals surface area contributed by atoms with Crippen molar-refractivity contribution >= 4 is 17.3 Å². The Bertz CT molecular complexity index is 1030. The average molecular weight is 473 g/mol. The minimum Gasteiger partial charge on any atom is -0.467 e. The number of nitrogens with zero attached hydrogens (tertiary/aromatic N) is 2. The lowest BCUT2D eigenvalue weighted by atomic mass is 10.0. The predicted molar refractivity (Wildman–Crippen MR) is 124 cm³/mol. The molecule has 4 rings (SSSR count). The Morgan fingerprint density at radius 3 is 2.67 bits per heavy atom. The Labute approximate surface area is 197 Å². The van der Waals surface area contributed by atoms with Crippen LogP contribution >= 0.6 is 11.6 Å². The first-order valence-corrected chi connectivity index (χ1v) is 11.2. The second-order valence-electron chi connectivity index (χ2n) is 8.05. The number of benzene rings is 2. The summed E-state index contributed by atoms with van der Waals surface area (Å²) in [4.78, 5) is 7.75. The number of aliphatic hydroxyl groups is 1. The van der Waals surface area contributed by atoms with E-state index >= 15 is 0 Å². The van der Waals surface area contributed by atoms with Gasteiger partial charge >= 0.3 is 0 Å². The fourth-order valence-electron chi connectivity index (χ4n) is 3.72. The normalized spacial score (nSPS) is 16.6. The van der Waals surface area contributed by atoms with Crippen molar-refractivity contribution in [2.75, 3.05) is 19.7 Å². The molecule has 0 spiro atoms. The number of rotatable bonds is 11. The minimum atomic E-state index is -0.710. The zero-order valence-electron chi connectivity index (χ0n) is 18.1. The Kier molecular flexibility index (Phi) is 8.12. The summed E-state index contributed by atoms with van der Waals surface area (Å²) in [5, 5.41) is 15.5. The highest BCUT2D eigenvalue weighted by Crippen LogP contribution is 2.20. The van der Waals surface area contributed by atoms with Crippen molar-refractivity contribution in [3.05, 3.63) is 94.7 Å². The molecule has 2 atom stereocenters. The van der Waals surface area contributed by atoms with E-state index in [0.717, 1.165) is 16.8 Å². The summed E-state index contributed by atoms with van der Waals surface area (Å²) in [5.74, 6) is 0.424. The molecule has 0 fully saturated rings. The molecular formula is C25H26ClFN2O4. The maximum atomic E-state index is 13.3. The van der Waals surface area contributed by atoms with E-state index in [4.69, 9.17) is 25.6 Å². The third kappa shape index (κ3) is 7.14. The second kappa shape index (κ2) is 11.4. The first kappa shape index (κ1) is 23.4. The van der Waals surface area contributed by atoms with Gasteiger partial charge in [-0.2, -0.15) is 0 Å². The van der Waals surface area contributed by atoms with Crippen LogP contribution in [0, 0.1) is 5.82 Å². The first-order chi connectivity index (χ1) is 16.0. The summed E-state index contributed by atoms with van der Waals surface area (Å²) in [6, 6.07) is 17.5. The van der Waals surface area contributed by atoms with Gasteiger partial charge in [0.2, 0.25) is 0 Å². The van der Waals surface area contributed by atoms with Gasteiger partial charge in [0.15, 0.2) is 0 Å². The monoisotopic (exact) mass is 472 g/mol. The summed E-state index contributed by atoms with van der Waals surface area (Å²) in [7, 11) is 0. The molecule has 8 heteroatoms. The van der Waals surface area contributed by atoms with Gasteiger partial charge in [-0.3, -0.25) is 4.90 Å². The first-order valence-electron chi connectivity index (χ1n) is 10.8. The highest BCUT2D eigenvalue weighted by atomic mass is 35.5. The standard InChI is InChI=1S/C25H26ClFN2O4/c26-20-7-5-19(6-8-20)25-12-24(33-28-25)15-29(13-18-3-9-21(27)10-4-18)14-22(30)16-31-17-23-2-1-11-32-23/h1-11,22,24,30H,12-17H2. The van der Waals surface area contributed by atoms with Crippen LogP contribution in [0.4, 0.5) is 4.39 Å². The van der Waals surface area contributed by atoms with E-state index in [9.17, 15) is 9.50 Å². The lowest BCUT2D eigenvalue weighted by Crippen LogP contribution is -2.39. The van der Waals surface area contributed by atoms with E-state index in [-0.39, 0.29) is 18.5 Å². The topological polar surface area (TPSA) is 67.4 Å². The highest BCUT2D eigenvalue weighted by Gasteiger charge is 2.26. The van der Waals surface area contributed by atoms with Crippen LogP contribution in [0.2, 0.25) is 5.02 Å². The molecule has 2 unspecified atom stereocenters. The number of halogens is 2. The van der Waals surface area contributed by atoms with Gasteiger partial charge in [0.05, 0.1) is 24.7 Å². The Hall–Kier alpha value is -2.71. The number of hydrogen-bond acceptors (Lipinski definition) is 6. The lowest BCUT2D eigenvalue weighted by molar-refractivity contribution is -0.00956. The summed E-state index contributed by atoms with van der Waals surface area (Å²) in [5.41, 5.74) is 2.77. The summed E-state index contributed by atoms with van der Waals surface area (Å²) < 4.78 is 24.1. The lowest BCUT2D eigenvalue weighted by Gasteiger charge is -2.27. The van der Waals surface area contributed by atoms with E-state index in [0.29, 0.717) is 43.4 Å². The molecule has 0 amide bonds. The highest BCUT2D eigenvalue weighted by molar-refractivity contribution is 6.30. The molecule has 0 saturated carbocycles. The summed E-state index contributed by atoms with van der Waals surface area (Å²) >= 11 is 5.98. The number of hydrogen-bond donors (Lipinski definition) is 1. The SMILES string of the molecule is OC(COCc1ccco1)CN(Cc1ccc(F)cc1)CC1CC(c2ccc(Cl)cc2)=NO1. The zero-order chi connectivity index (χ0) is 23.0. The molecule has 6 nitrogen and oxygen atoms in total. The van der Waals surface area contributed by atoms with E-state index in [2.05, 4.69) is 10.1 Å². The Balaban J connectivity index is 1.34. The number of oxime groups is 1. The molecule has 1 N–H and O–H groups in total. The molecule has 0 aliphatic carbocycles. The number of aliphatic hydroxyl groups excluding tert-OH is 1. The fraction of sp³-hybridized carbons (Fsp3) is 0.320. The molecule has 1 aromatic heterocycles. The molecule has 0 saturated heterocycles. The van der Waals surface area contributed by atoms with Gasteiger partial charge in [0, 0.05) is 31.1 Å². The molecule has 0 bridgehead atoms. The van der Waals surface area contributed by atoms with Crippen molar-refractivity contribution in [2.24, 2.45) is 5.16 Å². The van der Waals surface area contributed by atoms with Crippen molar-refractivity contribution in [1.82, 2.24) is 4.90 Å². The van der Waals surface area contributed by atoms with Gasteiger partial charge in [-0.1, -0.05) is 41.0 Å². The molecule has 0 radical (unpaired) electrons. The van der Waals surface area contributed by atoms with E-state index in [1.807, 2.05) is 30.3 Å². The third-order valence-corrected chi connectivity index (χ3v) is 5.55. The quantitative estimate of drug-likeness (QED) is 0.440. The number of furan rings is 1. The minimum absolute atomic E-state index is 0.160. The van der Waals surface area contributed by atoms with Crippen molar-refractivity contribution < 1.29 is 23.5 Å². The Morgan fingerprint density at radius 1 is 1.15 bits per heavy atom. The van der Waals surface area contributed by atoms with Crippen LogP contribution in [-0.2, 0) is 22.7 Å². The summed E-state index contributed by atoms with van der Waals surface area (Å²) in [6.07, 6.45) is 1.36. The predicted octanol–water partition coefficient (Wildman–Crippen LogP) is 4.65. The van der Waals surface area contributed by atoms with Gasteiger partial charge < -0.3 is 19.1 Å². The molecule has 1 aliphatic rings. The van der Waals surface area contributed by atoms with Crippen LogP contribution in [0.3, 0.4) is 0 Å². The van der Waals surface area contributed by atoms with E-state index in [1.54, 1.807) is 24.5 Å². The number of ether oxygens (including phenoxy) is 1.